The fourth-order valence-corrected chi connectivity index (χ4v) is 7.03. The van der Waals surface area contributed by atoms with Crippen LogP contribution in [0.3, 0.4) is 0 Å². The quantitative estimate of drug-likeness (QED) is 0.166. The van der Waals surface area contributed by atoms with Crippen LogP contribution in [0.1, 0.15) is 115 Å². The van der Waals surface area contributed by atoms with E-state index in [-0.39, 0.29) is 30.0 Å². The first kappa shape index (κ1) is 38.7. The minimum atomic E-state index is -0.784. The van der Waals surface area contributed by atoms with E-state index in [2.05, 4.69) is 0 Å². The molecule has 13 heteroatoms. The average molecular weight is 722 g/mol. The van der Waals surface area contributed by atoms with Crippen LogP contribution in [-0.2, 0) is 33.3 Å². The summed E-state index contributed by atoms with van der Waals surface area (Å²) in [6.45, 7) is 10.6. The van der Waals surface area contributed by atoms with Gasteiger partial charge in [0.15, 0.2) is 18.2 Å². The van der Waals surface area contributed by atoms with Crippen molar-refractivity contribution in [1.29, 1.82) is 0 Å². The number of nitrogens with zero attached hydrogens (tertiary/aromatic N) is 3. The second-order valence-corrected chi connectivity index (χ2v) is 16.0. The first-order valence-corrected chi connectivity index (χ1v) is 18.3. The lowest BCUT2D eigenvalue weighted by molar-refractivity contribution is -0.153. The number of esters is 2. The predicted octanol–water partition coefficient (Wildman–Crippen LogP) is 6.15. The highest BCUT2D eigenvalue weighted by Crippen LogP contribution is 2.36. The average Bonchev–Trinajstić information content (AvgIpc) is 3.79. The van der Waals surface area contributed by atoms with E-state index < -0.39 is 54.0 Å². The number of ketones is 2. The molecule has 3 aliphatic rings. The van der Waals surface area contributed by atoms with E-state index in [1.807, 2.05) is 12.1 Å². The largest absolute Gasteiger partial charge is 0.456 e. The minimum Gasteiger partial charge on any atom is -0.456 e. The Balaban J connectivity index is 1.08. The van der Waals surface area contributed by atoms with Crippen molar-refractivity contribution in [2.45, 2.75) is 122 Å². The van der Waals surface area contributed by atoms with Gasteiger partial charge in [-0.25, -0.2) is 19.2 Å². The zero-order chi connectivity index (χ0) is 37.8. The van der Waals surface area contributed by atoms with Crippen LogP contribution in [0.25, 0.3) is 10.9 Å². The van der Waals surface area contributed by atoms with Gasteiger partial charge in [-0.05, 0) is 117 Å². The number of rotatable bonds is 9. The molecular formula is C39H51N3O10. The molecule has 282 valence electrons. The Morgan fingerprint density at radius 1 is 0.692 bits per heavy atom. The molecular weight excluding hydrogens is 670 g/mol. The summed E-state index contributed by atoms with van der Waals surface area (Å²) >= 11 is 0. The fraction of sp³-hybridized carbons (Fsp3) is 0.615. The van der Waals surface area contributed by atoms with Gasteiger partial charge in [0, 0.05) is 41.6 Å². The second kappa shape index (κ2) is 16.0. The monoisotopic (exact) mass is 721 g/mol. The fourth-order valence-electron chi connectivity index (χ4n) is 7.03. The number of fused-ring (bicyclic) bond motifs is 1. The molecule has 52 heavy (non-hydrogen) atoms. The maximum atomic E-state index is 13.0. The van der Waals surface area contributed by atoms with Crippen LogP contribution in [0.5, 0.6) is 0 Å². The molecule has 2 unspecified atom stereocenters. The van der Waals surface area contributed by atoms with E-state index in [0.29, 0.717) is 57.2 Å². The summed E-state index contributed by atoms with van der Waals surface area (Å²) in [6.07, 6.45) is 3.90. The van der Waals surface area contributed by atoms with E-state index in [9.17, 15) is 28.8 Å². The third kappa shape index (κ3) is 9.86. The van der Waals surface area contributed by atoms with Gasteiger partial charge in [-0.1, -0.05) is 6.07 Å². The summed E-state index contributed by atoms with van der Waals surface area (Å²) in [6, 6.07) is 7.48. The van der Waals surface area contributed by atoms with E-state index in [0.717, 1.165) is 29.4 Å². The highest BCUT2D eigenvalue weighted by atomic mass is 16.6. The lowest BCUT2D eigenvalue weighted by Gasteiger charge is -2.28. The highest BCUT2D eigenvalue weighted by Gasteiger charge is 2.39. The van der Waals surface area contributed by atoms with Crippen molar-refractivity contribution in [3.63, 3.8) is 0 Å². The number of carbonyl (C=O) groups is 6. The number of benzene rings is 1. The van der Waals surface area contributed by atoms with Crippen molar-refractivity contribution in [2.24, 2.45) is 5.92 Å². The van der Waals surface area contributed by atoms with E-state index in [4.69, 9.17) is 23.9 Å². The predicted molar refractivity (Wildman–Crippen MR) is 190 cm³/mol. The van der Waals surface area contributed by atoms with Crippen LogP contribution in [-0.4, -0.2) is 100 Å². The SMILES string of the molecule is CC(C)(C)OC(=O)N1CCCC1C(=O)OCC(=O)c1ccc2nc(C3CCC(C(=O)COC(=O)C4CCCN4C(=O)OC(C)(C)C)CC3)ccc2c1. The lowest BCUT2D eigenvalue weighted by Crippen LogP contribution is -2.44. The van der Waals surface area contributed by atoms with Gasteiger partial charge in [-0.2, -0.15) is 0 Å². The smallest absolute Gasteiger partial charge is 0.411 e. The summed E-state index contributed by atoms with van der Waals surface area (Å²) in [5, 5.41) is 0.769. The molecule has 2 saturated heterocycles. The number of carbonyl (C=O) groups excluding carboxylic acids is 6. The Hall–Kier alpha value is -4.55. The van der Waals surface area contributed by atoms with Crippen LogP contribution >= 0.6 is 0 Å². The van der Waals surface area contributed by atoms with Crippen LogP contribution in [0.4, 0.5) is 9.59 Å². The van der Waals surface area contributed by atoms with Crippen molar-refractivity contribution < 1.29 is 47.7 Å². The number of Topliss-reactive ketones (excluding diaryl/α,β-unsaturated/α-hetero) is 2. The molecule has 0 bridgehead atoms. The van der Waals surface area contributed by atoms with Crippen LogP contribution in [0.15, 0.2) is 30.3 Å². The second-order valence-electron chi connectivity index (χ2n) is 16.0. The van der Waals surface area contributed by atoms with Gasteiger partial charge in [0.05, 0.1) is 5.52 Å². The van der Waals surface area contributed by atoms with Crippen molar-refractivity contribution in [3.8, 4) is 0 Å². The summed E-state index contributed by atoms with van der Waals surface area (Å²) in [7, 11) is 0. The molecule has 5 rings (SSSR count). The molecule has 1 aromatic carbocycles. The molecule has 1 aromatic heterocycles. The summed E-state index contributed by atoms with van der Waals surface area (Å²) < 4.78 is 21.6. The molecule has 0 spiro atoms. The molecule has 0 N–H and O–H groups in total. The van der Waals surface area contributed by atoms with Gasteiger partial charge in [-0.3, -0.25) is 24.4 Å². The van der Waals surface area contributed by atoms with Gasteiger partial charge in [0.1, 0.15) is 29.9 Å². The molecule has 2 atom stereocenters. The summed E-state index contributed by atoms with van der Waals surface area (Å²) in [5.41, 5.74) is 0.646. The third-order valence-corrected chi connectivity index (χ3v) is 9.64. The summed E-state index contributed by atoms with van der Waals surface area (Å²) in [4.78, 5) is 84.2. The molecule has 2 aromatic rings. The Bertz CT molecular complexity index is 1690. The molecule has 1 aliphatic carbocycles. The van der Waals surface area contributed by atoms with Gasteiger partial charge in [-0.15, -0.1) is 0 Å². The number of aromatic nitrogens is 1. The first-order chi connectivity index (χ1) is 24.5. The standard InChI is InChI=1S/C39H51N3O10/c1-38(2,3)51-36(47)41-19-7-9-30(41)34(45)49-22-32(43)25-13-11-24(12-14-25)28-17-15-26-21-27(16-18-29(26)40-28)33(44)23-50-35(46)31-10-8-20-42(31)37(48)52-39(4,5)6/h15-18,21,24-25,30-31H,7-14,19-20,22-23H2,1-6H3. The van der Waals surface area contributed by atoms with Crippen LogP contribution < -0.4 is 0 Å². The topological polar surface area (TPSA) is 159 Å². The lowest BCUT2D eigenvalue weighted by atomic mass is 9.78. The Kier molecular flexibility index (Phi) is 11.9. The van der Waals surface area contributed by atoms with Crippen molar-refractivity contribution in [3.05, 3.63) is 41.6 Å². The zero-order valence-corrected chi connectivity index (χ0v) is 31.1. The van der Waals surface area contributed by atoms with Crippen LogP contribution in [0.2, 0.25) is 0 Å². The number of hydrogen-bond acceptors (Lipinski definition) is 11. The first-order valence-electron chi connectivity index (χ1n) is 18.3. The maximum Gasteiger partial charge on any atom is 0.411 e. The highest BCUT2D eigenvalue weighted by molar-refractivity contribution is 6.01. The molecule has 2 amide bonds. The number of pyridine rings is 1. The zero-order valence-electron chi connectivity index (χ0n) is 31.1. The molecule has 0 radical (unpaired) electrons. The molecule has 3 fully saturated rings. The molecule has 2 aliphatic heterocycles. The van der Waals surface area contributed by atoms with Gasteiger partial charge in [0.25, 0.3) is 0 Å². The number of amides is 2. The Morgan fingerprint density at radius 3 is 1.77 bits per heavy atom. The molecule has 1 saturated carbocycles. The number of likely N-dealkylation sites (tertiary alicyclic amines) is 2. The third-order valence-electron chi connectivity index (χ3n) is 9.64. The Labute approximate surface area is 304 Å². The summed E-state index contributed by atoms with van der Waals surface area (Å²) in [5.74, 6) is -1.74. The number of hydrogen-bond donors (Lipinski definition) is 0. The minimum absolute atomic E-state index is 0.119. The Morgan fingerprint density at radius 2 is 1.23 bits per heavy atom. The van der Waals surface area contributed by atoms with Gasteiger partial charge in [0.2, 0.25) is 0 Å². The van der Waals surface area contributed by atoms with E-state index in [1.54, 1.807) is 59.7 Å². The van der Waals surface area contributed by atoms with Gasteiger partial charge >= 0.3 is 24.1 Å². The van der Waals surface area contributed by atoms with E-state index >= 15 is 0 Å². The van der Waals surface area contributed by atoms with E-state index in [1.165, 1.54) is 9.80 Å². The van der Waals surface area contributed by atoms with Crippen molar-refractivity contribution >= 4 is 46.6 Å². The molecule has 3 heterocycles. The van der Waals surface area contributed by atoms with Crippen molar-refractivity contribution in [2.75, 3.05) is 26.3 Å². The molecule has 13 nitrogen and oxygen atoms in total. The van der Waals surface area contributed by atoms with Crippen LogP contribution in [0, 0.1) is 5.92 Å². The van der Waals surface area contributed by atoms with Gasteiger partial charge < -0.3 is 18.9 Å². The van der Waals surface area contributed by atoms with Crippen molar-refractivity contribution in [1.82, 2.24) is 14.8 Å². The number of ether oxygens (including phenoxy) is 4. The maximum absolute atomic E-state index is 13.0. The normalized spacial score (nSPS) is 22.2.